The van der Waals surface area contributed by atoms with E-state index in [4.69, 9.17) is 0 Å². The molecule has 30 heavy (non-hydrogen) atoms. The predicted octanol–water partition coefficient (Wildman–Crippen LogP) is 1.96. The molecule has 0 saturated carbocycles. The first-order valence-electron chi connectivity index (χ1n) is 10.8. The van der Waals surface area contributed by atoms with Crippen LogP contribution in [0.1, 0.15) is 44.9 Å². The molecule has 4 rings (SSSR count). The number of piperazine rings is 1. The van der Waals surface area contributed by atoms with Gasteiger partial charge in [-0.05, 0) is 37.6 Å². The molecule has 2 aromatic rings. The van der Waals surface area contributed by atoms with Gasteiger partial charge in [0.15, 0.2) is 0 Å². The lowest BCUT2D eigenvalue weighted by atomic mass is 10.1. The van der Waals surface area contributed by atoms with Crippen LogP contribution < -0.4 is 5.32 Å². The highest BCUT2D eigenvalue weighted by Gasteiger charge is 2.21. The summed E-state index contributed by atoms with van der Waals surface area (Å²) in [6, 6.07) is 11.4. The van der Waals surface area contributed by atoms with Gasteiger partial charge in [0, 0.05) is 68.7 Å². The van der Waals surface area contributed by atoms with Gasteiger partial charge in [-0.15, -0.1) is 0 Å². The first-order valence-corrected chi connectivity index (χ1v) is 10.8. The van der Waals surface area contributed by atoms with Crippen molar-refractivity contribution < 1.29 is 9.59 Å². The SMILES string of the molecule is O=C(NCCCCN1CCN(C(=O)c2ccccc2)CC1)c1cc2c([nH]1)CCN=C2. The maximum Gasteiger partial charge on any atom is 0.267 e. The molecule has 158 valence electrons. The Balaban J connectivity index is 1.12. The van der Waals surface area contributed by atoms with Crippen LogP contribution in [0.5, 0.6) is 0 Å². The highest BCUT2D eigenvalue weighted by Crippen LogP contribution is 2.13. The zero-order valence-corrected chi connectivity index (χ0v) is 17.3. The summed E-state index contributed by atoms with van der Waals surface area (Å²) in [4.78, 5) is 36.6. The lowest BCUT2D eigenvalue weighted by Crippen LogP contribution is -2.48. The molecule has 0 atom stereocenters. The number of aliphatic imine (C=N–C) groups is 1. The molecule has 0 aliphatic carbocycles. The summed E-state index contributed by atoms with van der Waals surface area (Å²) in [6.45, 7) is 5.79. The van der Waals surface area contributed by atoms with Crippen molar-refractivity contribution in [2.45, 2.75) is 19.3 Å². The number of amides is 2. The first-order chi connectivity index (χ1) is 14.7. The highest BCUT2D eigenvalue weighted by atomic mass is 16.2. The molecule has 1 aromatic heterocycles. The Morgan fingerprint density at radius 2 is 1.87 bits per heavy atom. The molecule has 1 saturated heterocycles. The number of H-pyrrole nitrogens is 1. The molecule has 7 nitrogen and oxygen atoms in total. The normalized spacial score (nSPS) is 16.3. The number of nitrogens with zero attached hydrogens (tertiary/aromatic N) is 3. The van der Waals surface area contributed by atoms with E-state index in [0.29, 0.717) is 12.2 Å². The number of benzene rings is 1. The van der Waals surface area contributed by atoms with Crippen LogP contribution in [-0.2, 0) is 6.42 Å². The minimum atomic E-state index is -0.0501. The molecule has 2 aliphatic heterocycles. The molecule has 0 unspecified atom stereocenters. The van der Waals surface area contributed by atoms with Crippen LogP contribution in [0.2, 0.25) is 0 Å². The first kappa shape index (κ1) is 20.3. The van der Waals surface area contributed by atoms with E-state index < -0.39 is 0 Å². The maximum atomic E-state index is 12.5. The summed E-state index contributed by atoms with van der Waals surface area (Å²) >= 11 is 0. The van der Waals surface area contributed by atoms with Gasteiger partial charge < -0.3 is 15.2 Å². The van der Waals surface area contributed by atoms with Crippen LogP contribution in [0.3, 0.4) is 0 Å². The van der Waals surface area contributed by atoms with E-state index in [2.05, 4.69) is 20.2 Å². The predicted molar refractivity (Wildman–Crippen MR) is 117 cm³/mol. The van der Waals surface area contributed by atoms with Crippen LogP contribution in [0.4, 0.5) is 0 Å². The van der Waals surface area contributed by atoms with E-state index in [9.17, 15) is 9.59 Å². The Morgan fingerprint density at radius 3 is 2.63 bits per heavy atom. The second-order valence-corrected chi connectivity index (χ2v) is 7.87. The average Bonchev–Trinajstić information content (AvgIpc) is 3.24. The van der Waals surface area contributed by atoms with Crippen molar-refractivity contribution in [3.8, 4) is 0 Å². The molecule has 2 aliphatic rings. The number of nitrogens with one attached hydrogen (secondary N) is 2. The lowest BCUT2D eigenvalue weighted by molar-refractivity contribution is 0.0635. The Labute approximate surface area is 177 Å². The standard InChI is InChI=1S/C23H29N5O2/c29-22(21-16-19-17-24-10-8-20(19)26-21)25-9-4-5-11-27-12-14-28(15-13-27)23(30)18-6-2-1-3-7-18/h1-3,6-7,16-17,26H,4-5,8-15H2,(H,25,29). The molecule has 3 heterocycles. The molecule has 0 radical (unpaired) electrons. The van der Waals surface area contributed by atoms with E-state index in [1.54, 1.807) is 0 Å². The van der Waals surface area contributed by atoms with Gasteiger partial charge in [0.2, 0.25) is 0 Å². The molecule has 1 aromatic carbocycles. The fourth-order valence-corrected chi connectivity index (χ4v) is 3.99. The largest absolute Gasteiger partial charge is 0.354 e. The summed E-state index contributed by atoms with van der Waals surface area (Å²) < 4.78 is 0. The zero-order chi connectivity index (χ0) is 20.8. The number of unbranched alkanes of at least 4 members (excludes halogenated alkanes) is 1. The smallest absolute Gasteiger partial charge is 0.267 e. The molecule has 2 amide bonds. The fourth-order valence-electron chi connectivity index (χ4n) is 3.99. The Bertz CT molecular complexity index is 898. The number of rotatable bonds is 7. The number of aromatic nitrogens is 1. The van der Waals surface area contributed by atoms with Crippen molar-refractivity contribution in [3.63, 3.8) is 0 Å². The minimum absolute atomic E-state index is 0.0501. The summed E-state index contributed by atoms with van der Waals surface area (Å²) in [5, 5.41) is 3.00. The van der Waals surface area contributed by atoms with Gasteiger partial charge in [0.25, 0.3) is 11.8 Å². The number of aromatic amines is 1. The summed E-state index contributed by atoms with van der Waals surface area (Å²) in [6.07, 6.45) is 4.67. The molecule has 2 N–H and O–H groups in total. The molecule has 7 heteroatoms. The number of carbonyl (C=O) groups excluding carboxylic acids is 2. The van der Waals surface area contributed by atoms with Gasteiger partial charge in [-0.2, -0.15) is 0 Å². The molecule has 1 fully saturated rings. The zero-order valence-electron chi connectivity index (χ0n) is 17.3. The monoisotopic (exact) mass is 407 g/mol. The quantitative estimate of drug-likeness (QED) is 0.689. The molecular formula is C23H29N5O2. The average molecular weight is 408 g/mol. The number of hydrogen-bond acceptors (Lipinski definition) is 4. The number of hydrogen-bond donors (Lipinski definition) is 2. The van der Waals surface area contributed by atoms with E-state index in [1.165, 1.54) is 0 Å². The van der Waals surface area contributed by atoms with Crippen molar-refractivity contribution in [2.75, 3.05) is 45.8 Å². The van der Waals surface area contributed by atoms with Gasteiger partial charge in [-0.1, -0.05) is 18.2 Å². The Hall–Kier alpha value is -2.93. The summed E-state index contributed by atoms with van der Waals surface area (Å²) in [5.74, 6) is 0.0704. The van der Waals surface area contributed by atoms with Crippen LogP contribution >= 0.6 is 0 Å². The van der Waals surface area contributed by atoms with Gasteiger partial charge in [0.05, 0.1) is 0 Å². The van der Waals surface area contributed by atoms with E-state index in [-0.39, 0.29) is 11.8 Å². The molecular weight excluding hydrogens is 378 g/mol. The van der Waals surface area contributed by atoms with E-state index in [0.717, 1.165) is 75.4 Å². The van der Waals surface area contributed by atoms with Crippen molar-refractivity contribution in [1.82, 2.24) is 20.1 Å². The van der Waals surface area contributed by atoms with Crippen LogP contribution in [0.25, 0.3) is 0 Å². The lowest BCUT2D eigenvalue weighted by Gasteiger charge is -2.34. The van der Waals surface area contributed by atoms with E-state index in [1.807, 2.05) is 47.5 Å². The number of carbonyl (C=O) groups is 2. The van der Waals surface area contributed by atoms with Gasteiger partial charge in [-0.25, -0.2) is 0 Å². The third-order valence-corrected chi connectivity index (χ3v) is 5.77. The van der Waals surface area contributed by atoms with Crippen molar-refractivity contribution in [3.05, 3.63) is 58.9 Å². The minimum Gasteiger partial charge on any atom is -0.354 e. The van der Waals surface area contributed by atoms with Gasteiger partial charge in [-0.3, -0.25) is 19.5 Å². The Kier molecular flexibility index (Phi) is 6.59. The van der Waals surface area contributed by atoms with Crippen LogP contribution in [-0.4, -0.2) is 78.6 Å². The van der Waals surface area contributed by atoms with Gasteiger partial charge >= 0.3 is 0 Å². The summed E-state index contributed by atoms with van der Waals surface area (Å²) in [7, 11) is 0. The Morgan fingerprint density at radius 1 is 1.07 bits per heavy atom. The topological polar surface area (TPSA) is 80.8 Å². The molecule has 0 bridgehead atoms. The summed E-state index contributed by atoms with van der Waals surface area (Å²) in [5.41, 5.74) is 3.50. The van der Waals surface area contributed by atoms with Crippen LogP contribution in [0, 0.1) is 0 Å². The third-order valence-electron chi connectivity index (χ3n) is 5.77. The second kappa shape index (κ2) is 9.71. The number of fused-ring (bicyclic) bond motifs is 1. The van der Waals surface area contributed by atoms with Crippen LogP contribution in [0.15, 0.2) is 41.4 Å². The van der Waals surface area contributed by atoms with Crippen molar-refractivity contribution in [1.29, 1.82) is 0 Å². The second-order valence-electron chi connectivity index (χ2n) is 7.87. The highest BCUT2D eigenvalue weighted by molar-refractivity contribution is 5.96. The van der Waals surface area contributed by atoms with Crippen molar-refractivity contribution >= 4 is 18.0 Å². The van der Waals surface area contributed by atoms with Gasteiger partial charge in [0.1, 0.15) is 5.69 Å². The fraction of sp³-hybridized carbons (Fsp3) is 0.435. The van der Waals surface area contributed by atoms with E-state index >= 15 is 0 Å². The molecule has 0 spiro atoms. The maximum absolute atomic E-state index is 12.5. The van der Waals surface area contributed by atoms with Crippen molar-refractivity contribution in [2.24, 2.45) is 4.99 Å². The third kappa shape index (κ3) is 4.97.